The van der Waals surface area contributed by atoms with E-state index in [-0.39, 0.29) is 5.82 Å². The van der Waals surface area contributed by atoms with Crippen LogP contribution in [0.1, 0.15) is 38.4 Å². The van der Waals surface area contributed by atoms with Crippen LogP contribution in [0.15, 0.2) is 0 Å². The van der Waals surface area contributed by atoms with Crippen molar-refractivity contribution >= 4 is 11.8 Å². The molecule has 5 N–H and O–H groups in total. The molecule has 1 aromatic heterocycles. The molecule has 0 aliphatic heterocycles. The lowest BCUT2D eigenvalue weighted by Crippen LogP contribution is -2.37. The molecule has 7 heteroatoms. The molecule has 0 aromatic carbocycles. The largest absolute Gasteiger partial charge is 0.459 e. The van der Waals surface area contributed by atoms with E-state index in [1.54, 1.807) is 20.8 Å². The van der Waals surface area contributed by atoms with Gasteiger partial charge in [0.15, 0.2) is 5.82 Å². The Bertz CT molecular complexity index is 495. The summed E-state index contributed by atoms with van der Waals surface area (Å²) in [5.74, 6) is -0.304. The molecule has 0 amide bonds. The molecular weight excluding hydrogens is 246 g/mol. The van der Waals surface area contributed by atoms with Gasteiger partial charge in [0.2, 0.25) is 0 Å². The number of carbonyl (C=O) groups is 1. The first-order valence-electron chi connectivity index (χ1n) is 5.96. The van der Waals surface area contributed by atoms with Crippen LogP contribution in [0.4, 0.5) is 5.82 Å². The summed E-state index contributed by atoms with van der Waals surface area (Å²) in [6.45, 7) is 5.34. The van der Waals surface area contributed by atoms with Crippen molar-refractivity contribution in [3.63, 3.8) is 0 Å². The van der Waals surface area contributed by atoms with Crippen molar-refractivity contribution < 1.29 is 9.53 Å². The molecule has 0 saturated carbocycles. The predicted octanol–water partition coefficient (Wildman–Crippen LogP) is 0.465. The second-order valence-electron chi connectivity index (χ2n) is 5.25. The lowest BCUT2D eigenvalue weighted by atomic mass is 10.1. The number of hydrogen-bond acceptors (Lipinski definition) is 6. The smallest absolute Gasteiger partial charge is 0.323 e. The van der Waals surface area contributed by atoms with E-state index in [0.29, 0.717) is 24.1 Å². The van der Waals surface area contributed by atoms with Crippen LogP contribution in [0.2, 0.25) is 0 Å². The molecule has 0 saturated heterocycles. The second kappa shape index (κ2) is 5.71. The number of esters is 1. The van der Waals surface area contributed by atoms with Gasteiger partial charge in [-0.1, -0.05) is 0 Å². The van der Waals surface area contributed by atoms with Gasteiger partial charge in [-0.15, -0.1) is 0 Å². The minimum Gasteiger partial charge on any atom is -0.459 e. The van der Waals surface area contributed by atoms with Gasteiger partial charge in [0, 0.05) is 0 Å². The van der Waals surface area contributed by atoms with Crippen molar-refractivity contribution in [1.29, 1.82) is 5.26 Å². The minimum atomic E-state index is -0.740. The SMILES string of the molecule is CC(C)(C)OC(=O)[C@@H](N)CCc1[nH]nc(N)c1C#N. The summed E-state index contributed by atoms with van der Waals surface area (Å²) < 4.78 is 5.17. The van der Waals surface area contributed by atoms with Crippen LogP contribution in [-0.4, -0.2) is 27.8 Å². The molecule has 0 radical (unpaired) electrons. The van der Waals surface area contributed by atoms with Crippen LogP contribution in [0.5, 0.6) is 0 Å². The Hall–Kier alpha value is -2.07. The van der Waals surface area contributed by atoms with Gasteiger partial charge in [-0.2, -0.15) is 10.4 Å². The summed E-state index contributed by atoms with van der Waals surface area (Å²) in [5, 5.41) is 15.3. The summed E-state index contributed by atoms with van der Waals surface area (Å²) in [4.78, 5) is 11.7. The first kappa shape index (κ1) is 15.0. The molecule has 1 heterocycles. The van der Waals surface area contributed by atoms with Gasteiger partial charge >= 0.3 is 5.97 Å². The number of aromatic amines is 1. The maximum absolute atomic E-state index is 11.7. The Kier molecular flexibility index (Phi) is 4.51. The van der Waals surface area contributed by atoms with Gasteiger partial charge < -0.3 is 16.2 Å². The van der Waals surface area contributed by atoms with Crippen molar-refractivity contribution in [3.05, 3.63) is 11.3 Å². The number of nitrogens with two attached hydrogens (primary N) is 2. The third kappa shape index (κ3) is 4.26. The zero-order chi connectivity index (χ0) is 14.6. The average molecular weight is 265 g/mol. The fourth-order valence-corrected chi connectivity index (χ4v) is 1.49. The lowest BCUT2D eigenvalue weighted by Gasteiger charge is -2.22. The molecule has 1 rings (SSSR count). The van der Waals surface area contributed by atoms with Crippen molar-refractivity contribution in [3.8, 4) is 6.07 Å². The van der Waals surface area contributed by atoms with Crippen LogP contribution in [0, 0.1) is 11.3 Å². The van der Waals surface area contributed by atoms with Crippen molar-refractivity contribution in [2.24, 2.45) is 5.73 Å². The summed E-state index contributed by atoms with van der Waals surface area (Å²) in [6, 6.07) is 1.22. The number of carbonyl (C=O) groups excluding carboxylic acids is 1. The van der Waals surface area contributed by atoms with E-state index in [9.17, 15) is 4.79 Å². The standard InChI is InChI=1S/C12H19N5O2/c1-12(2,3)19-11(18)8(14)4-5-9-7(6-13)10(15)17-16-9/h8H,4-5,14H2,1-3H3,(H3,15,16,17)/t8-/m0/s1. The van der Waals surface area contributed by atoms with Gasteiger partial charge in [0.1, 0.15) is 23.3 Å². The Balaban J connectivity index is 2.57. The quantitative estimate of drug-likeness (QED) is 0.678. The zero-order valence-electron chi connectivity index (χ0n) is 11.4. The van der Waals surface area contributed by atoms with Crippen LogP contribution >= 0.6 is 0 Å². The monoisotopic (exact) mass is 265 g/mol. The highest BCUT2D eigenvalue weighted by Gasteiger charge is 2.22. The van der Waals surface area contributed by atoms with Crippen molar-refractivity contribution in [2.75, 3.05) is 5.73 Å². The molecule has 1 atom stereocenters. The summed E-state index contributed by atoms with van der Waals surface area (Å²) >= 11 is 0. The van der Waals surface area contributed by atoms with E-state index >= 15 is 0 Å². The molecule has 19 heavy (non-hydrogen) atoms. The molecule has 0 bridgehead atoms. The molecule has 0 unspecified atom stereocenters. The van der Waals surface area contributed by atoms with Gasteiger partial charge in [0.05, 0.1) is 5.69 Å². The Morgan fingerprint density at radius 3 is 2.74 bits per heavy atom. The maximum atomic E-state index is 11.7. The molecule has 7 nitrogen and oxygen atoms in total. The summed E-state index contributed by atoms with van der Waals surface area (Å²) in [7, 11) is 0. The van der Waals surface area contributed by atoms with E-state index in [4.69, 9.17) is 21.5 Å². The van der Waals surface area contributed by atoms with E-state index in [1.807, 2.05) is 6.07 Å². The molecule has 1 aromatic rings. The third-order valence-electron chi connectivity index (χ3n) is 2.40. The Morgan fingerprint density at radius 2 is 2.21 bits per heavy atom. The van der Waals surface area contributed by atoms with Crippen molar-refractivity contribution in [1.82, 2.24) is 10.2 Å². The molecule has 0 spiro atoms. The minimum absolute atomic E-state index is 0.156. The highest BCUT2D eigenvalue weighted by atomic mass is 16.6. The van der Waals surface area contributed by atoms with Gasteiger partial charge in [-0.25, -0.2) is 0 Å². The Labute approximate surface area is 111 Å². The molecule has 0 aliphatic carbocycles. The number of ether oxygens (including phenoxy) is 1. The van der Waals surface area contributed by atoms with Crippen LogP contribution < -0.4 is 11.5 Å². The van der Waals surface area contributed by atoms with E-state index < -0.39 is 17.6 Å². The number of nitrogen functional groups attached to an aromatic ring is 1. The van der Waals surface area contributed by atoms with Crippen LogP contribution in [0.3, 0.4) is 0 Å². The second-order valence-corrected chi connectivity index (χ2v) is 5.25. The highest BCUT2D eigenvalue weighted by Crippen LogP contribution is 2.15. The number of nitriles is 1. The number of aryl methyl sites for hydroxylation is 1. The first-order chi connectivity index (χ1) is 8.74. The number of nitrogens with zero attached hydrogens (tertiary/aromatic N) is 2. The average Bonchev–Trinajstić information content (AvgIpc) is 2.64. The van der Waals surface area contributed by atoms with E-state index in [2.05, 4.69) is 10.2 Å². The van der Waals surface area contributed by atoms with E-state index in [0.717, 1.165) is 0 Å². The number of rotatable bonds is 4. The number of H-pyrrole nitrogens is 1. The fraction of sp³-hybridized carbons (Fsp3) is 0.583. The molecule has 104 valence electrons. The first-order valence-corrected chi connectivity index (χ1v) is 5.96. The normalized spacial score (nSPS) is 12.8. The summed E-state index contributed by atoms with van der Waals surface area (Å²) in [5.41, 5.74) is 11.6. The molecule has 0 aliphatic rings. The Morgan fingerprint density at radius 1 is 1.58 bits per heavy atom. The van der Waals surface area contributed by atoms with Crippen molar-refractivity contribution in [2.45, 2.75) is 45.3 Å². The predicted molar refractivity (Wildman–Crippen MR) is 69.9 cm³/mol. The molecule has 0 fully saturated rings. The van der Waals surface area contributed by atoms with Gasteiger partial charge in [0.25, 0.3) is 0 Å². The third-order valence-corrected chi connectivity index (χ3v) is 2.40. The highest BCUT2D eigenvalue weighted by molar-refractivity contribution is 5.75. The zero-order valence-corrected chi connectivity index (χ0v) is 11.4. The van der Waals surface area contributed by atoms with Crippen LogP contribution in [0.25, 0.3) is 0 Å². The number of nitrogens with one attached hydrogen (secondary N) is 1. The summed E-state index contributed by atoms with van der Waals surface area (Å²) in [6.07, 6.45) is 0.763. The van der Waals surface area contributed by atoms with Crippen LogP contribution in [-0.2, 0) is 16.0 Å². The number of anilines is 1. The van der Waals surface area contributed by atoms with Gasteiger partial charge in [-0.05, 0) is 33.6 Å². The van der Waals surface area contributed by atoms with Gasteiger partial charge in [-0.3, -0.25) is 9.89 Å². The number of aromatic nitrogens is 2. The number of hydrogen-bond donors (Lipinski definition) is 3. The fourth-order valence-electron chi connectivity index (χ4n) is 1.49. The lowest BCUT2D eigenvalue weighted by molar-refractivity contribution is -0.156. The topological polar surface area (TPSA) is 131 Å². The maximum Gasteiger partial charge on any atom is 0.323 e. The van der Waals surface area contributed by atoms with E-state index in [1.165, 1.54) is 0 Å². The molecular formula is C12H19N5O2.